The Morgan fingerprint density at radius 2 is 2.15 bits per heavy atom. The molecule has 0 aliphatic carbocycles. The van der Waals surface area contributed by atoms with Crippen molar-refractivity contribution in [3.8, 4) is 0 Å². The van der Waals surface area contributed by atoms with Crippen LogP contribution in [0.25, 0.3) is 0 Å². The van der Waals surface area contributed by atoms with Gasteiger partial charge in [-0.15, -0.1) is 0 Å². The molecule has 7 heteroatoms. The van der Waals surface area contributed by atoms with Crippen molar-refractivity contribution in [3.63, 3.8) is 0 Å². The number of nitrogens with zero attached hydrogens (tertiary/aromatic N) is 1. The standard InChI is InChI=1S/C13H27N3O3S/c1-4-10(2)12(14)13(17)16-7-5-6-11(9-16)8-15-20(3,18)19/h10-12,15H,4-9,14H2,1-3H3. The maximum absolute atomic E-state index is 12.3. The molecule has 0 spiro atoms. The van der Waals surface area contributed by atoms with E-state index in [0.717, 1.165) is 32.1 Å². The smallest absolute Gasteiger partial charge is 0.239 e. The summed E-state index contributed by atoms with van der Waals surface area (Å²) in [5, 5.41) is 0. The van der Waals surface area contributed by atoms with E-state index < -0.39 is 16.1 Å². The Morgan fingerprint density at radius 3 is 2.70 bits per heavy atom. The van der Waals surface area contributed by atoms with Gasteiger partial charge in [-0.3, -0.25) is 4.79 Å². The Morgan fingerprint density at radius 1 is 1.50 bits per heavy atom. The second kappa shape index (κ2) is 7.38. The fourth-order valence-corrected chi connectivity index (χ4v) is 2.95. The molecule has 3 atom stereocenters. The first-order chi connectivity index (χ1) is 9.24. The van der Waals surface area contributed by atoms with Crippen molar-refractivity contribution in [1.82, 2.24) is 9.62 Å². The molecule has 20 heavy (non-hydrogen) atoms. The van der Waals surface area contributed by atoms with E-state index in [1.807, 2.05) is 13.8 Å². The first-order valence-electron chi connectivity index (χ1n) is 7.23. The minimum atomic E-state index is -3.17. The minimum absolute atomic E-state index is 0.0107. The lowest BCUT2D eigenvalue weighted by atomic mass is 9.94. The van der Waals surface area contributed by atoms with Crippen LogP contribution in [0, 0.1) is 11.8 Å². The molecule has 1 aliphatic rings. The lowest BCUT2D eigenvalue weighted by molar-refractivity contribution is -0.135. The molecule has 6 nitrogen and oxygen atoms in total. The van der Waals surface area contributed by atoms with E-state index in [1.54, 1.807) is 4.90 Å². The van der Waals surface area contributed by atoms with E-state index in [1.165, 1.54) is 0 Å². The maximum atomic E-state index is 12.3. The third kappa shape index (κ3) is 5.38. The number of nitrogens with one attached hydrogen (secondary N) is 1. The van der Waals surface area contributed by atoms with Crippen LogP contribution in [0.5, 0.6) is 0 Å². The largest absolute Gasteiger partial charge is 0.341 e. The Balaban J connectivity index is 2.54. The highest BCUT2D eigenvalue weighted by Crippen LogP contribution is 2.18. The summed E-state index contributed by atoms with van der Waals surface area (Å²) in [7, 11) is -3.17. The van der Waals surface area contributed by atoms with Gasteiger partial charge in [0.1, 0.15) is 0 Å². The fraction of sp³-hybridized carbons (Fsp3) is 0.923. The van der Waals surface area contributed by atoms with E-state index in [9.17, 15) is 13.2 Å². The summed E-state index contributed by atoms with van der Waals surface area (Å²) in [4.78, 5) is 14.1. The van der Waals surface area contributed by atoms with Gasteiger partial charge >= 0.3 is 0 Å². The fourth-order valence-electron chi connectivity index (χ4n) is 2.41. The van der Waals surface area contributed by atoms with E-state index in [4.69, 9.17) is 5.73 Å². The van der Waals surface area contributed by atoms with Crippen molar-refractivity contribution in [2.75, 3.05) is 25.9 Å². The molecule has 0 saturated carbocycles. The molecule has 118 valence electrons. The second-order valence-electron chi connectivity index (χ2n) is 5.82. The van der Waals surface area contributed by atoms with Crippen molar-refractivity contribution in [2.24, 2.45) is 17.6 Å². The van der Waals surface area contributed by atoms with Gasteiger partial charge in [0.15, 0.2) is 0 Å². The number of amides is 1. The number of carbonyl (C=O) groups excluding carboxylic acids is 1. The summed E-state index contributed by atoms with van der Waals surface area (Å²) in [6, 6.07) is -0.457. The molecule has 3 N–H and O–H groups in total. The number of sulfonamides is 1. The summed E-state index contributed by atoms with van der Waals surface area (Å²) in [5.74, 6) is 0.326. The van der Waals surface area contributed by atoms with Crippen LogP contribution in [0.15, 0.2) is 0 Å². The van der Waals surface area contributed by atoms with Gasteiger partial charge in [-0.25, -0.2) is 13.1 Å². The number of hydrogen-bond donors (Lipinski definition) is 2. The second-order valence-corrected chi connectivity index (χ2v) is 7.66. The maximum Gasteiger partial charge on any atom is 0.239 e. The first-order valence-corrected chi connectivity index (χ1v) is 9.12. The number of piperidine rings is 1. The lowest BCUT2D eigenvalue weighted by Gasteiger charge is -2.35. The van der Waals surface area contributed by atoms with Crippen LogP contribution in [0.1, 0.15) is 33.1 Å². The molecular formula is C13H27N3O3S. The zero-order valence-corrected chi connectivity index (χ0v) is 13.4. The monoisotopic (exact) mass is 305 g/mol. The summed E-state index contributed by atoms with van der Waals surface area (Å²) in [6.07, 6.45) is 3.86. The molecular weight excluding hydrogens is 278 g/mol. The molecule has 1 fully saturated rings. The SMILES string of the molecule is CCC(C)C(N)C(=O)N1CCCC(CNS(C)(=O)=O)C1. The van der Waals surface area contributed by atoms with Crippen molar-refractivity contribution in [2.45, 2.75) is 39.2 Å². The normalized spacial score (nSPS) is 23.4. The first kappa shape index (κ1) is 17.4. The van der Waals surface area contributed by atoms with Gasteiger partial charge in [-0.1, -0.05) is 20.3 Å². The van der Waals surface area contributed by atoms with Gasteiger partial charge in [-0.2, -0.15) is 0 Å². The van der Waals surface area contributed by atoms with Crippen LogP contribution in [0.4, 0.5) is 0 Å². The van der Waals surface area contributed by atoms with Crippen LogP contribution >= 0.6 is 0 Å². The van der Waals surface area contributed by atoms with Gasteiger partial charge in [-0.05, 0) is 24.7 Å². The molecule has 1 saturated heterocycles. The molecule has 1 heterocycles. The van der Waals surface area contributed by atoms with E-state index in [0.29, 0.717) is 13.1 Å². The van der Waals surface area contributed by atoms with E-state index in [-0.39, 0.29) is 17.7 Å². The van der Waals surface area contributed by atoms with Crippen molar-refractivity contribution in [3.05, 3.63) is 0 Å². The Bertz CT molecular complexity index is 425. The number of hydrogen-bond acceptors (Lipinski definition) is 4. The van der Waals surface area contributed by atoms with Gasteiger partial charge in [0.25, 0.3) is 0 Å². The highest BCUT2D eigenvalue weighted by Gasteiger charge is 2.29. The van der Waals surface area contributed by atoms with Crippen LogP contribution in [-0.2, 0) is 14.8 Å². The zero-order chi connectivity index (χ0) is 15.3. The molecule has 0 aromatic rings. The van der Waals surface area contributed by atoms with E-state index in [2.05, 4.69) is 4.72 Å². The number of nitrogens with two attached hydrogens (primary N) is 1. The van der Waals surface area contributed by atoms with Gasteiger partial charge in [0, 0.05) is 19.6 Å². The predicted octanol–water partition coefficient (Wildman–Crippen LogP) is 0.148. The van der Waals surface area contributed by atoms with Crippen molar-refractivity contribution in [1.29, 1.82) is 0 Å². The Hall–Kier alpha value is -0.660. The summed E-state index contributed by atoms with van der Waals surface area (Å²) in [5.41, 5.74) is 5.99. The van der Waals surface area contributed by atoms with Crippen LogP contribution < -0.4 is 10.5 Å². The number of rotatable bonds is 6. The topological polar surface area (TPSA) is 92.5 Å². The quantitative estimate of drug-likeness (QED) is 0.730. The van der Waals surface area contributed by atoms with E-state index >= 15 is 0 Å². The highest BCUT2D eigenvalue weighted by molar-refractivity contribution is 7.88. The van der Waals surface area contributed by atoms with Crippen LogP contribution in [0.2, 0.25) is 0 Å². The van der Waals surface area contributed by atoms with Gasteiger partial charge < -0.3 is 10.6 Å². The highest BCUT2D eigenvalue weighted by atomic mass is 32.2. The molecule has 1 aliphatic heterocycles. The lowest BCUT2D eigenvalue weighted by Crippen LogP contribution is -2.51. The third-order valence-electron chi connectivity index (χ3n) is 4.01. The Kier molecular flexibility index (Phi) is 6.42. The van der Waals surface area contributed by atoms with Gasteiger partial charge in [0.2, 0.25) is 15.9 Å². The molecule has 0 radical (unpaired) electrons. The average molecular weight is 305 g/mol. The number of carbonyl (C=O) groups is 1. The van der Waals surface area contributed by atoms with Crippen molar-refractivity contribution >= 4 is 15.9 Å². The van der Waals surface area contributed by atoms with Crippen LogP contribution in [0.3, 0.4) is 0 Å². The van der Waals surface area contributed by atoms with Crippen molar-refractivity contribution < 1.29 is 13.2 Å². The zero-order valence-electron chi connectivity index (χ0n) is 12.6. The summed E-state index contributed by atoms with van der Waals surface area (Å²) >= 11 is 0. The summed E-state index contributed by atoms with van der Waals surface area (Å²) < 4.78 is 24.7. The Labute approximate surface area is 122 Å². The molecule has 0 aromatic carbocycles. The predicted molar refractivity (Wildman–Crippen MR) is 79.6 cm³/mol. The molecule has 1 amide bonds. The molecule has 0 bridgehead atoms. The third-order valence-corrected chi connectivity index (χ3v) is 4.70. The van der Waals surface area contributed by atoms with Gasteiger partial charge in [0.05, 0.1) is 12.3 Å². The average Bonchev–Trinajstić information content (AvgIpc) is 2.42. The summed E-state index contributed by atoms with van der Waals surface area (Å²) in [6.45, 7) is 5.70. The molecule has 0 aromatic heterocycles. The number of likely N-dealkylation sites (tertiary alicyclic amines) is 1. The molecule has 1 rings (SSSR count). The molecule has 3 unspecified atom stereocenters. The van der Waals surface area contributed by atoms with Crippen LogP contribution in [-0.4, -0.2) is 51.2 Å². The minimum Gasteiger partial charge on any atom is -0.341 e.